The van der Waals surface area contributed by atoms with E-state index in [-0.39, 0.29) is 0 Å². The van der Waals surface area contributed by atoms with Crippen molar-refractivity contribution in [1.82, 2.24) is 4.90 Å². The molecule has 2 aliphatic heterocycles. The molecular weight excluding hydrogens is 356 g/mol. The molecule has 2 aromatic carbocycles. The van der Waals surface area contributed by atoms with E-state index in [1.165, 1.54) is 6.20 Å². The summed E-state index contributed by atoms with van der Waals surface area (Å²) in [4.78, 5) is 1.61. The lowest BCUT2D eigenvalue weighted by Gasteiger charge is -2.26. The first-order chi connectivity index (χ1) is 12.0. The quantitative estimate of drug-likeness (QED) is 0.792. The van der Waals surface area contributed by atoms with Gasteiger partial charge in [-0.3, -0.25) is 0 Å². The third-order valence-corrected chi connectivity index (χ3v) is 5.04. The highest BCUT2D eigenvalue weighted by molar-refractivity contribution is 7.93. The molecule has 0 saturated heterocycles. The fraction of sp³-hybridized carbons (Fsp3) is 0. The Hall–Kier alpha value is -2.63. The minimum Gasteiger partial charge on any atom is -0.305 e. The largest absolute Gasteiger partial charge is 0.305 e. The maximum absolute atomic E-state index is 11.8. The number of rotatable bonds is 2. The van der Waals surface area contributed by atoms with Gasteiger partial charge in [0.05, 0.1) is 10.4 Å². The van der Waals surface area contributed by atoms with Crippen LogP contribution in [0.1, 0.15) is 5.56 Å². The predicted octanol–water partition coefficient (Wildman–Crippen LogP) is 4.35. The van der Waals surface area contributed by atoms with Crippen LogP contribution in [0.3, 0.4) is 0 Å². The molecule has 2 aliphatic rings. The molecule has 0 aromatic heterocycles. The summed E-state index contributed by atoms with van der Waals surface area (Å²) in [6.45, 7) is 0. The van der Waals surface area contributed by atoms with Gasteiger partial charge < -0.3 is 4.90 Å². The fourth-order valence-electron chi connectivity index (χ4n) is 2.76. The van der Waals surface area contributed by atoms with Crippen LogP contribution in [0.5, 0.6) is 0 Å². The summed E-state index contributed by atoms with van der Waals surface area (Å²) in [5, 5.41) is 1.56. The van der Waals surface area contributed by atoms with E-state index in [1.807, 2.05) is 54.6 Å². The van der Waals surface area contributed by atoms with Crippen molar-refractivity contribution < 1.29 is 8.42 Å². The summed E-state index contributed by atoms with van der Waals surface area (Å²) in [6.07, 6.45) is 4.81. The van der Waals surface area contributed by atoms with Gasteiger partial charge in [0.25, 0.3) is 10.0 Å². The van der Waals surface area contributed by atoms with Crippen molar-refractivity contribution in [2.45, 2.75) is 0 Å². The molecular formula is C19H13ClN2O2S. The molecule has 0 unspecified atom stereocenters. The third-order valence-electron chi connectivity index (χ3n) is 3.94. The van der Waals surface area contributed by atoms with Crippen LogP contribution in [-0.2, 0) is 10.0 Å². The smallest absolute Gasteiger partial charge is 0.278 e. The van der Waals surface area contributed by atoms with Gasteiger partial charge in [-0.15, -0.1) is 4.40 Å². The van der Waals surface area contributed by atoms with Crippen molar-refractivity contribution >= 4 is 33.0 Å². The first-order valence-corrected chi connectivity index (χ1v) is 9.47. The minimum absolute atomic E-state index is 0.347. The fourth-order valence-corrected chi connectivity index (χ4v) is 3.76. The van der Waals surface area contributed by atoms with Crippen molar-refractivity contribution in [1.29, 1.82) is 0 Å². The van der Waals surface area contributed by atoms with Gasteiger partial charge in [0, 0.05) is 18.0 Å². The second-order valence-electron chi connectivity index (χ2n) is 5.64. The van der Waals surface area contributed by atoms with Crippen molar-refractivity contribution in [2.24, 2.45) is 4.40 Å². The van der Waals surface area contributed by atoms with Crippen LogP contribution in [0, 0.1) is 0 Å². The highest BCUT2D eigenvalue weighted by Crippen LogP contribution is 2.31. The monoisotopic (exact) mass is 368 g/mol. The van der Waals surface area contributed by atoms with Crippen LogP contribution in [-0.4, -0.2) is 19.2 Å². The Kier molecular flexibility index (Phi) is 3.82. The van der Waals surface area contributed by atoms with E-state index in [9.17, 15) is 8.42 Å². The number of benzene rings is 2. The highest BCUT2D eigenvalue weighted by atomic mass is 35.5. The van der Waals surface area contributed by atoms with Crippen LogP contribution in [0.2, 0.25) is 0 Å². The van der Waals surface area contributed by atoms with Gasteiger partial charge in [-0.05, 0) is 22.8 Å². The minimum atomic E-state index is -3.61. The van der Waals surface area contributed by atoms with Crippen molar-refractivity contribution in [3.05, 3.63) is 89.1 Å². The number of sulfonamides is 1. The Bertz CT molecular complexity index is 1050. The molecule has 6 heteroatoms. The molecule has 2 heterocycles. The van der Waals surface area contributed by atoms with Crippen LogP contribution >= 0.6 is 11.6 Å². The van der Waals surface area contributed by atoms with E-state index in [0.29, 0.717) is 16.4 Å². The Morgan fingerprint density at radius 3 is 2.24 bits per heavy atom. The van der Waals surface area contributed by atoms with Gasteiger partial charge in [-0.2, -0.15) is 8.42 Å². The predicted molar refractivity (Wildman–Crippen MR) is 101 cm³/mol. The van der Waals surface area contributed by atoms with Gasteiger partial charge in [0.1, 0.15) is 0 Å². The van der Waals surface area contributed by atoms with E-state index in [2.05, 4.69) is 4.40 Å². The maximum Gasteiger partial charge on any atom is 0.278 e. The van der Waals surface area contributed by atoms with Crippen LogP contribution in [0.25, 0.3) is 16.7 Å². The summed E-state index contributed by atoms with van der Waals surface area (Å²) >= 11 is 6.18. The van der Waals surface area contributed by atoms with Gasteiger partial charge >= 0.3 is 0 Å². The lowest BCUT2D eigenvalue weighted by Crippen LogP contribution is -2.28. The Morgan fingerprint density at radius 1 is 0.880 bits per heavy atom. The number of amidine groups is 1. The molecule has 0 spiro atoms. The molecule has 25 heavy (non-hydrogen) atoms. The molecule has 124 valence electrons. The van der Waals surface area contributed by atoms with E-state index in [4.69, 9.17) is 11.6 Å². The third kappa shape index (κ3) is 3.16. The number of hydrogen-bond donors (Lipinski definition) is 0. The molecule has 0 aliphatic carbocycles. The molecule has 0 bridgehead atoms. The zero-order valence-corrected chi connectivity index (χ0v) is 14.6. The number of allylic oxidation sites excluding steroid dienone is 2. The molecule has 2 aromatic rings. The molecule has 4 rings (SSSR count). The Morgan fingerprint density at radius 2 is 1.52 bits per heavy atom. The lowest BCUT2D eigenvalue weighted by atomic mass is 9.98. The van der Waals surface area contributed by atoms with E-state index in [1.54, 1.807) is 17.2 Å². The number of fused-ring (bicyclic) bond motifs is 1. The van der Waals surface area contributed by atoms with Crippen LogP contribution < -0.4 is 0 Å². The van der Waals surface area contributed by atoms with Gasteiger partial charge in [-0.1, -0.05) is 66.2 Å². The Balaban J connectivity index is 1.76. The second kappa shape index (κ2) is 6.02. The average molecular weight is 369 g/mol. The Labute approximate surface area is 151 Å². The molecule has 0 amide bonds. The molecule has 0 radical (unpaired) electrons. The summed E-state index contributed by atoms with van der Waals surface area (Å²) in [7, 11) is -3.61. The SMILES string of the molecule is O=S1(=O)C=CN2C=C(Cl)C=C(c3ccc(-c4ccccc4)cc3)C2=N1. The molecule has 0 fully saturated rings. The standard InChI is InChI=1S/C19H13ClN2O2S/c20-17-12-18(19-21-25(23,24)11-10-22(19)13-17)16-8-6-15(7-9-16)14-4-2-1-3-5-14/h1-13H. The molecule has 4 nitrogen and oxygen atoms in total. The van der Waals surface area contributed by atoms with Crippen LogP contribution in [0.15, 0.2) is 87.9 Å². The topological polar surface area (TPSA) is 49.7 Å². The normalized spacial score (nSPS) is 18.1. The maximum atomic E-state index is 11.8. The number of halogens is 1. The first kappa shape index (κ1) is 15.9. The van der Waals surface area contributed by atoms with Crippen LogP contribution in [0.4, 0.5) is 0 Å². The average Bonchev–Trinajstić information content (AvgIpc) is 2.62. The highest BCUT2D eigenvalue weighted by Gasteiger charge is 2.25. The number of hydrogen-bond acceptors (Lipinski definition) is 3. The van der Waals surface area contributed by atoms with Gasteiger partial charge in [0.2, 0.25) is 0 Å². The summed E-state index contributed by atoms with van der Waals surface area (Å²) in [6, 6.07) is 17.9. The van der Waals surface area contributed by atoms with E-state index >= 15 is 0 Å². The zero-order valence-electron chi connectivity index (χ0n) is 13.0. The molecule has 0 saturated carbocycles. The van der Waals surface area contributed by atoms with Crippen molar-refractivity contribution in [3.8, 4) is 11.1 Å². The van der Waals surface area contributed by atoms with Crippen molar-refractivity contribution in [3.63, 3.8) is 0 Å². The summed E-state index contributed by atoms with van der Waals surface area (Å²) < 4.78 is 27.5. The lowest BCUT2D eigenvalue weighted by molar-refractivity contribution is 0.602. The summed E-state index contributed by atoms with van der Waals surface area (Å²) in [5.74, 6) is 0.347. The first-order valence-electron chi connectivity index (χ1n) is 7.59. The summed E-state index contributed by atoms with van der Waals surface area (Å²) in [5.41, 5.74) is 3.71. The van der Waals surface area contributed by atoms with E-state index in [0.717, 1.165) is 22.1 Å². The zero-order chi connectivity index (χ0) is 17.4. The number of nitrogens with zero attached hydrogens (tertiary/aromatic N) is 2. The molecule has 0 atom stereocenters. The molecule has 0 N–H and O–H groups in total. The van der Waals surface area contributed by atoms with Gasteiger partial charge in [-0.25, -0.2) is 0 Å². The van der Waals surface area contributed by atoms with E-state index < -0.39 is 10.0 Å². The second-order valence-corrected chi connectivity index (χ2v) is 7.56. The van der Waals surface area contributed by atoms with Crippen molar-refractivity contribution in [2.75, 3.05) is 0 Å². The van der Waals surface area contributed by atoms with Gasteiger partial charge in [0.15, 0.2) is 5.84 Å².